The number of unbranched alkanes of at least 4 members (excludes halogenated alkanes) is 2. The summed E-state index contributed by atoms with van der Waals surface area (Å²) in [6.07, 6.45) is 3.13. The minimum atomic E-state index is -0.492. The van der Waals surface area contributed by atoms with Crippen LogP contribution in [0.1, 0.15) is 53.8 Å². The molecule has 0 radical (unpaired) electrons. The van der Waals surface area contributed by atoms with Gasteiger partial charge in [-0.25, -0.2) is 4.79 Å². The maximum Gasteiger partial charge on any atom is 0.341 e. The number of ether oxygens (including phenoxy) is 2. The highest BCUT2D eigenvalue weighted by atomic mass is 16.5. The van der Waals surface area contributed by atoms with Crippen LogP contribution in [0.2, 0.25) is 0 Å². The maximum atomic E-state index is 11.7. The van der Waals surface area contributed by atoms with Crippen molar-refractivity contribution < 1.29 is 19.1 Å². The first-order valence-corrected chi connectivity index (χ1v) is 6.46. The first-order chi connectivity index (χ1) is 9.10. The maximum absolute atomic E-state index is 11.7. The smallest absolute Gasteiger partial charge is 0.341 e. The van der Waals surface area contributed by atoms with Crippen molar-refractivity contribution >= 4 is 11.8 Å². The monoisotopic (exact) mass is 264 g/mol. The lowest BCUT2D eigenvalue weighted by Gasteiger charge is -2.11. The zero-order chi connectivity index (χ0) is 14.3. The fraction of sp³-hybridized carbons (Fsp3) is 0.467. The van der Waals surface area contributed by atoms with Gasteiger partial charge in [0.15, 0.2) is 5.78 Å². The van der Waals surface area contributed by atoms with Gasteiger partial charge >= 0.3 is 5.97 Å². The van der Waals surface area contributed by atoms with Crippen LogP contribution < -0.4 is 4.74 Å². The Kier molecular flexibility index (Phi) is 6.06. The average Bonchev–Trinajstić information content (AvgIpc) is 2.42. The topological polar surface area (TPSA) is 52.6 Å². The number of ketones is 1. The Hall–Kier alpha value is -1.84. The van der Waals surface area contributed by atoms with Crippen LogP contribution in [0.3, 0.4) is 0 Å². The molecule has 0 aliphatic heterocycles. The molecular weight excluding hydrogens is 244 g/mol. The fourth-order valence-corrected chi connectivity index (χ4v) is 1.68. The Morgan fingerprint density at radius 3 is 2.53 bits per heavy atom. The minimum absolute atomic E-state index is 0.0947. The van der Waals surface area contributed by atoms with E-state index in [1.54, 1.807) is 12.1 Å². The molecule has 0 N–H and O–H groups in total. The number of methoxy groups -OCH3 is 1. The lowest BCUT2D eigenvalue weighted by molar-refractivity contribution is 0.0596. The molecule has 4 heteroatoms. The van der Waals surface area contributed by atoms with E-state index in [9.17, 15) is 9.59 Å². The molecule has 0 aliphatic carbocycles. The number of esters is 1. The molecule has 0 atom stereocenters. The van der Waals surface area contributed by atoms with Crippen LogP contribution in [0.25, 0.3) is 0 Å². The number of Topliss-reactive ketones (excluding diaryl/α,β-unsaturated/α-hetero) is 1. The number of carbonyl (C=O) groups is 2. The molecule has 19 heavy (non-hydrogen) atoms. The van der Waals surface area contributed by atoms with Gasteiger partial charge in [0, 0.05) is 5.56 Å². The second-order valence-electron chi connectivity index (χ2n) is 4.31. The molecule has 0 amide bonds. The fourth-order valence-electron chi connectivity index (χ4n) is 1.68. The highest BCUT2D eigenvalue weighted by Gasteiger charge is 2.15. The molecule has 0 saturated carbocycles. The van der Waals surface area contributed by atoms with Gasteiger partial charge in [0.25, 0.3) is 0 Å². The summed E-state index contributed by atoms with van der Waals surface area (Å²) in [5.41, 5.74) is 0.771. The molecule has 1 aromatic carbocycles. The van der Waals surface area contributed by atoms with Crippen LogP contribution in [0.4, 0.5) is 0 Å². The summed E-state index contributed by atoms with van der Waals surface area (Å²) >= 11 is 0. The molecule has 0 heterocycles. The van der Waals surface area contributed by atoms with Crippen molar-refractivity contribution in [3.63, 3.8) is 0 Å². The van der Waals surface area contributed by atoms with Crippen molar-refractivity contribution in [2.45, 2.75) is 33.1 Å². The van der Waals surface area contributed by atoms with Crippen molar-refractivity contribution in [2.75, 3.05) is 13.7 Å². The second-order valence-corrected chi connectivity index (χ2v) is 4.31. The molecule has 0 bridgehead atoms. The van der Waals surface area contributed by atoms with Crippen molar-refractivity contribution in [1.82, 2.24) is 0 Å². The summed E-state index contributed by atoms with van der Waals surface area (Å²) in [5, 5.41) is 0. The third-order valence-corrected chi connectivity index (χ3v) is 2.80. The van der Waals surface area contributed by atoms with Crippen LogP contribution in [0.15, 0.2) is 18.2 Å². The van der Waals surface area contributed by atoms with Crippen molar-refractivity contribution in [3.05, 3.63) is 29.3 Å². The molecule has 0 aromatic heterocycles. The van der Waals surface area contributed by atoms with Gasteiger partial charge in [-0.15, -0.1) is 0 Å². The minimum Gasteiger partial charge on any atom is -0.493 e. The molecule has 0 spiro atoms. The third kappa shape index (κ3) is 4.39. The molecule has 0 fully saturated rings. The van der Waals surface area contributed by atoms with Crippen LogP contribution >= 0.6 is 0 Å². The van der Waals surface area contributed by atoms with E-state index >= 15 is 0 Å². The lowest BCUT2D eigenvalue weighted by Crippen LogP contribution is -2.08. The predicted molar refractivity (Wildman–Crippen MR) is 72.8 cm³/mol. The van der Waals surface area contributed by atoms with Gasteiger partial charge in [-0.2, -0.15) is 0 Å². The Labute approximate surface area is 113 Å². The van der Waals surface area contributed by atoms with E-state index in [1.807, 2.05) is 0 Å². The van der Waals surface area contributed by atoms with E-state index in [1.165, 1.54) is 20.1 Å². The summed E-state index contributed by atoms with van der Waals surface area (Å²) in [6.45, 7) is 4.12. The quantitative estimate of drug-likeness (QED) is 0.431. The number of hydrogen-bond donors (Lipinski definition) is 0. The number of carbonyl (C=O) groups excluding carboxylic acids is 2. The molecule has 104 valence electrons. The molecular formula is C15H20O4. The van der Waals surface area contributed by atoms with Crippen LogP contribution in [0.5, 0.6) is 5.75 Å². The Morgan fingerprint density at radius 2 is 1.95 bits per heavy atom. The van der Waals surface area contributed by atoms with E-state index in [2.05, 4.69) is 6.92 Å². The lowest BCUT2D eigenvalue weighted by atomic mass is 10.1. The van der Waals surface area contributed by atoms with Gasteiger partial charge in [0.1, 0.15) is 11.3 Å². The van der Waals surface area contributed by atoms with Crippen molar-refractivity contribution in [1.29, 1.82) is 0 Å². The van der Waals surface area contributed by atoms with E-state index in [0.29, 0.717) is 23.5 Å². The summed E-state index contributed by atoms with van der Waals surface area (Å²) in [7, 11) is 1.31. The van der Waals surface area contributed by atoms with Gasteiger partial charge in [-0.05, 0) is 31.5 Å². The summed E-state index contributed by atoms with van der Waals surface area (Å²) in [4.78, 5) is 23.0. The van der Waals surface area contributed by atoms with Gasteiger partial charge in [0.05, 0.1) is 13.7 Å². The van der Waals surface area contributed by atoms with E-state index in [0.717, 1.165) is 19.3 Å². The number of rotatable bonds is 7. The van der Waals surface area contributed by atoms with Crippen LogP contribution in [0, 0.1) is 0 Å². The summed E-state index contributed by atoms with van der Waals surface area (Å²) in [6, 6.07) is 4.82. The predicted octanol–water partition coefficient (Wildman–Crippen LogP) is 3.24. The molecule has 0 saturated heterocycles. The zero-order valence-corrected chi connectivity index (χ0v) is 11.7. The standard InChI is InChI=1S/C15H20O4/c1-4-5-6-9-19-14-8-7-12(11(2)16)10-13(14)15(17)18-3/h7-8,10H,4-6,9H2,1-3H3. The Balaban J connectivity index is 2.89. The van der Waals surface area contributed by atoms with Gasteiger partial charge in [0.2, 0.25) is 0 Å². The van der Waals surface area contributed by atoms with Crippen LogP contribution in [-0.4, -0.2) is 25.5 Å². The summed E-state index contributed by atoms with van der Waals surface area (Å²) in [5.74, 6) is -0.121. The molecule has 4 nitrogen and oxygen atoms in total. The van der Waals surface area contributed by atoms with Gasteiger partial charge in [-0.1, -0.05) is 19.8 Å². The SMILES string of the molecule is CCCCCOc1ccc(C(C)=O)cc1C(=O)OC. The zero-order valence-electron chi connectivity index (χ0n) is 11.7. The largest absolute Gasteiger partial charge is 0.493 e. The third-order valence-electron chi connectivity index (χ3n) is 2.80. The Morgan fingerprint density at radius 1 is 1.21 bits per heavy atom. The van der Waals surface area contributed by atoms with Crippen molar-refractivity contribution in [2.24, 2.45) is 0 Å². The number of benzene rings is 1. The normalized spacial score (nSPS) is 10.1. The first-order valence-electron chi connectivity index (χ1n) is 6.46. The van der Waals surface area contributed by atoms with Gasteiger partial charge < -0.3 is 9.47 Å². The van der Waals surface area contributed by atoms with Crippen LogP contribution in [-0.2, 0) is 4.74 Å². The molecule has 0 aliphatic rings. The number of hydrogen-bond acceptors (Lipinski definition) is 4. The summed E-state index contributed by atoms with van der Waals surface area (Å²) < 4.78 is 10.3. The molecule has 1 rings (SSSR count). The Bertz CT molecular complexity index is 451. The highest BCUT2D eigenvalue weighted by molar-refractivity contribution is 5.99. The highest BCUT2D eigenvalue weighted by Crippen LogP contribution is 2.22. The van der Waals surface area contributed by atoms with E-state index < -0.39 is 5.97 Å². The van der Waals surface area contributed by atoms with E-state index in [-0.39, 0.29) is 5.78 Å². The van der Waals surface area contributed by atoms with Crippen molar-refractivity contribution in [3.8, 4) is 5.75 Å². The first kappa shape index (κ1) is 15.2. The van der Waals surface area contributed by atoms with E-state index in [4.69, 9.17) is 9.47 Å². The average molecular weight is 264 g/mol. The molecule has 0 unspecified atom stereocenters. The van der Waals surface area contributed by atoms with Gasteiger partial charge in [-0.3, -0.25) is 4.79 Å². The molecule has 1 aromatic rings. The second kappa shape index (κ2) is 7.56.